The van der Waals surface area contributed by atoms with Crippen LogP contribution >= 0.6 is 12.6 Å². The fourth-order valence-corrected chi connectivity index (χ4v) is 2.12. The highest BCUT2D eigenvalue weighted by atomic mass is 32.1. The SMILES string of the molecule is CCCCC(NCCCCCCS)C(=O)CC. The van der Waals surface area contributed by atoms with Gasteiger partial charge in [-0.1, -0.05) is 39.5 Å². The fraction of sp³-hybridized carbons (Fsp3) is 0.929. The topological polar surface area (TPSA) is 29.1 Å². The average molecular weight is 259 g/mol. The minimum Gasteiger partial charge on any atom is -0.307 e. The maximum atomic E-state index is 11.7. The number of ketones is 1. The van der Waals surface area contributed by atoms with Crippen molar-refractivity contribution in [3.05, 3.63) is 0 Å². The molecule has 0 aliphatic carbocycles. The van der Waals surface area contributed by atoms with E-state index < -0.39 is 0 Å². The van der Waals surface area contributed by atoms with Gasteiger partial charge in [0.2, 0.25) is 0 Å². The Morgan fingerprint density at radius 2 is 1.82 bits per heavy atom. The summed E-state index contributed by atoms with van der Waals surface area (Å²) in [5.74, 6) is 1.36. The van der Waals surface area contributed by atoms with E-state index in [-0.39, 0.29) is 6.04 Å². The highest BCUT2D eigenvalue weighted by Crippen LogP contribution is 2.05. The first kappa shape index (κ1) is 17.0. The molecule has 0 rings (SSSR count). The quantitative estimate of drug-likeness (QED) is 0.414. The Balaban J connectivity index is 3.64. The number of hydrogen-bond donors (Lipinski definition) is 2. The molecule has 102 valence electrons. The summed E-state index contributed by atoms with van der Waals surface area (Å²) in [6.07, 6.45) is 8.84. The third-order valence-corrected chi connectivity index (χ3v) is 3.38. The number of Topliss-reactive ketones (excluding diaryl/α,β-unsaturated/α-hetero) is 1. The Bertz CT molecular complexity index is 185. The molecule has 0 spiro atoms. The largest absolute Gasteiger partial charge is 0.307 e. The Kier molecular flexibility index (Phi) is 12.4. The highest BCUT2D eigenvalue weighted by molar-refractivity contribution is 7.80. The molecule has 0 amide bonds. The molecule has 0 aromatic heterocycles. The molecule has 0 bridgehead atoms. The lowest BCUT2D eigenvalue weighted by atomic mass is 10.0. The van der Waals surface area contributed by atoms with Crippen LogP contribution in [0, 0.1) is 0 Å². The van der Waals surface area contributed by atoms with Crippen molar-refractivity contribution in [3.63, 3.8) is 0 Å². The smallest absolute Gasteiger partial charge is 0.149 e. The molecule has 0 fully saturated rings. The molecule has 0 aromatic rings. The Morgan fingerprint density at radius 3 is 2.41 bits per heavy atom. The first-order valence-electron chi connectivity index (χ1n) is 7.13. The van der Waals surface area contributed by atoms with E-state index in [0.717, 1.165) is 31.6 Å². The lowest BCUT2D eigenvalue weighted by Gasteiger charge is -2.16. The van der Waals surface area contributed by atoms with Crippen LogP contribution in [0.2, 0.25) is 0 Å². The molecule has 0 heterocycles. The van der Waals surface area contributed by atoms with Gasteiger partial charge in [-0.15, -0.1) is 0 Å². The van der Waals surface area contributed by atoms with Gasteiger partial charge in [0.05, 0.1) is 6.04 Å². The van der Waals surface area contributed by atoms with Crippen LogP contribution in [-0.2, 0) is 4.79 Å². The van der Waals surface area contributed by atoms with E-state index in [2.05, 4.69) is 24.9 Å². The zero-order valence-electron chi connectivity index (χ0n) is 11.5. The molecule has 0 radical (unpaired) electrons. The molecule has 3 heteroatoms. The highest BCUT2D eigenvalue weighted by Gasteiger charge is 2.14. The number of unbranched alkanes of at least 4 members (excludes halogenated alkanes) is 4. The molecule has 0 aromatic carbocycles. The van der Waals surface area contributed by atoms with Crippen LogP contribution in [0.3, 0.4) is 0 Å². The van der Waals surface area contributed by atoms with Gasteiger partial charge >= 0.3 is 0 Å². The molecule has 0 saturated heterocycles. The summed E-state index contributed by atoms with van der Waals surface area (Å²) < 4.78 is 0. The first-order chi connectivity index (χ1) is 8.26. The Morgan fingerprint density at radius 1 is 1.12 bits per heavy atom. The van der Waals surface area contributed by atoms with Gasteiger partial charge in [0.1, 0.15) is 5.78 Å². The van der Waals surface area contributed by atoms with E-state index in [1.165, 1.54) is 25.7 Å². The standard InChI is InChI=1S/C14H29NOS/c1-3-5-10-13(14(16)4-2)15-11-8-6-7-9-12-17/h13,15,17H,3-12H2,1-2H3. The zero-order chi connectivity index (χ0) is 12.9. The summed E-state index contributed by atoms with van der Waals surface area (Å²) >= 11 is 4.20. The number of nitrogens with one attached hydrogen (secondary N) is 1. The maximum absolute atomic E-state index is 11.7. The summed E-state index contributed by atoms with van der Waals surface area (Å²) in [7, 11) is 0. The summed E-state index contributed by atoms with van der Waals surface area (Å²) in [5, 5.41) is 3.41. The maximum Gasteiger partial charge on any atom is 0.149 e. The van der Waals surface area contributed by atoms with Crippen LogP contribution < -0.4 is 5.32 Å². The van der Waals surface area contributed by atoms with Crippen molar-refractivity contribution in [1.29, 1.82) is 0 Å². The summed E-state index contributed by atoms with van der Waals surface area (Å²) in [4.78, 5) is 11.7. The second-order valence-corrected chi connectivity index (χ2v) is 5.05. The van der Waals surface area contributed by atoms with Crippen LogP contribution in [0.25, 0.3) is 0 Å². The lowest BCUT2D eigenvalue weighted by Crippen LogP contribution is -2.37. The molecule has 1 unspecified atom stereocenters. The van der Waals surface area contributed by atoms with Crippen LogP contribution in [0.1, 0.15) is 65.2 Å². The van der Waals surface area contributed by atoms with Crippen LogP contribution in [-0.4, -0.2) is 24.1 Å². The predicted octanol–water partition coefficient (Wildman–Crippen LogP) is 3.60. The third-order valence-electron chi connectivity index (χ3n) is 3.06. The Labute approximate surface area is 112 Å². The van der Waals surface area contributed by atoms with Gasteiger partial charge in [-0.3, -0.25) is 4.79 Å². The molecular formula is C14H29NOS. The molecule has 2 nitrogen and oxygen atoms in total. The normalized spacial score (nSPS) is 12.6. The second kappa shape index (κ2) is 12.4. The molecule has 1 N–H and O–H groups in total. The van der Waals surface area contributed by atoms with Crippen molar-refractivity contribution in [2.75, 3.05) is 12.3 Å². The van der Waals surface area contributed by atoms with Crippen molar-refractivity contribution in [3.8, 4) is 0 Å². The minimum absolute atomic E-state index is 0.102. The van der Waals surface area contributed by atoms with Crippen LogP contribution in [0.4, 0.5) is 0 Å². The van der Waals surface area contributed by atoms with E-state index in [1.54, 1.807) is 0 Å². The minimum atomic E-state index is 0.102. The van der Waals surface area contributed by atoms with E-state index in [1.807, 2.05) is 6.92 Å². The van der Waals surface area contributed by atoms with Crippen molar-refractivity contribution < 1.29 is 4.79 Å². The van der Waals surface area contributed by atoms with E-state index in [9.17, 15) is 4.79 Å². The first-order valence-corrected chi connectivity index (χ1v) is 7.76. The lowest BCUT2D eigenvalue weighted by molar-refractivity contribution is -0.120. The predicted molar refractivity (Wildman–Crippen MR) is 78.9 cm³/mol. The molecule has 1 atom stereocenters. The number of carbonyl (C=O) groups excluding carboxylic acids is 1. The van der Waals surface area contributed by atoms with Gasteiger partial charge in [-0.2, -0.15) is 12.6 Å². The zero-order valence-corrected chi connectivity index (χ0v) is 12.4. The van der Waals surface area contributed by atoms with Gasteiger partial charge in [-0.25, -0.2) is 0 Å². The molecule has 17 heavy (non-hydrogen) atoms. The van der Waals surface area contributed by atoms with Crippen molar-refractivity contribution in [2.45, 2.75) is 71.3 Å². The van der Waals surface area contributed by atoms with Gasteiger partial charge in [0.15, 0.2) is 0 Å². The van der Waals surface area contributed by atoms with Gasteiger partial charge in [-0.05, 0) is 31.6 Å². The summed E-state index contributed by atoms with van der Waals surface area (Å²) in [5.41, 5.74) is 0. The molecule has 0 saturated carbocycles. The summed E-state index contributed by atoms with van der Waals surface area (Å²) in [6, 6.07) is 0.102. The Hall–Kier alpha value is -0.0200. The van der Waals surface area contributed by atoms with Gasteiger partial charge < -0.3 is 5.32 Å². The summed E-state index contributed by atoms with van der Waals surface area (Å²) in [6.45, 7) is 5.10. The number of thiol groups is 1. The van der Waals surface area contributed by atoms with Gasteiger partial charge in [0.25, 0.3) is 0 Å². The van der Waals surface area contributed by atoms with Crippen molar-refractivity contribution in [1.82, 2.24) is 5.32 Å². The number of carbonyl (C=O) groups is 1. The molecular weight excluding hydrogens is 230 g/mol. The second-order valence-electron chi connectivity index (χ2n) is 4.61. The van der Waals surface area contributed by atoms with E-state index >= 15 is 0 Å². The molecule has 0 aliphatic heterocycles. The number of hydrogen-bond acceptors (Lipinski definition) is 3. The van der Waals surface area contributed by atoms with E-state index in [4.69, 9.17) is 0 Å². The fourth-order valence-electron chi connectivity index (χ4n) is 1.90. The van der Waals surface area contributed by atoms with Crippen LogP contribution in [0.15, 0.2) is 0 Å². The average Bonchev–Trinajstić information content (AvgIpc) is 2.36. The van der Waals surface area contributed by atoms with E-state index in [0.29, 0.717) is 12.2 Å². The third kappa shape index (κ3) is 9.66. The monoisotopic (exact) mass is 259 g/mol. The van der Waals surface area contributed by atoms with Crippen LogP contribution in [0.5, 0.6) is 0 Å². The molecule has 0 aliphatic rings. The van der Waals surface area contributed by atoms with Gasteiger partial charge in [0, 0.05) is 6.42 Å². The number of rotatable bonds is 12. The van der Waals surface area contributed by atoms with Crippen molar-refractivity contribution in [2.24, 2.45) is 0 Å². The van der Waals surface area contributed by atoms with Crippen molar-refractivity contribution >= 4 is 18.4 Å².